The van der Waals surface area contributed by atoms with Crippen LogP contribution in [-0.2, 0) is 14.8 Å². The molecule has 0 saturated carbocycles. The van der Waals surface area contributed by atoms with Crippen molar-refractivity contribution < 1.29 is 22.3 Å². The van der Waals surface area contributed by atoms with Gasteiger partial charge < -0.3 is 10.1 Å². The number of ether oxygens (including phenoxy) is 1. The summed E-state index contributed by atoms with van der Waals surface area (Å²) in [4.78, 5) is 13.0. The second kappa shape index (κ2) is 10.7. The third kappa shape index (κ3) is 5.56. The van der Waals surface area contributed by atoms with Gasteiger partial charge in [0, 0.05) is 0 Å². The highest BCUT2D eigenvalue weighted by Crippen LogP contribution is 2.27. The molecule has 0 radical (unpaired) electrons. The van der Waals surface area contributed by atoms with E-state index in [0.29, 0.717) is 6.42 Å². The number of benzene rings is 3. The van der Waals surface area contributed by atoms with Crippen LogP contribution in [0.2, 0.25) is 0 Å². The quantitative estimate of drug-likeness (QED) is 0.468. The Kier molecular flexibility index (Phi) is 7.94. The van der Waals surface area contributed by atoms with E-state index in [9.17, 15) is 17.6 Å². The molecule has 1 atom stereocenters. The lowest BCUT2D eigenvalue weighted by Gasteiger charge is -2.26. The minimum Gasteiger partial charge on any atom is -0.496 e. The number of para-hydroxylation sites is 1. The number of anilines is 1. The monoisotopic (exact) mass is 484 g/mol. The molecular formula is C26H29FN2O4S. The SMILES string of the molecule is CC[C@H](NC(=O)CN(c1ccccc1F)S(=O)(=O)c1ccc(C)cc1)c1ccc(OC)c(C)c1. The van der Waals surface area contributed by atoms with Crippen LogP contribution < -0.4 is 14.4 Å². The molecule has 8 heteroatoms. The van der Waals surface area contributed by atoms with E-state index in [1.165, 1.54) is 36.4 Å². The van der Waals surface area contributed by atoms with E-state index in [-0.39, 0.29) is 16.6 Å². The van der Waals surface area contributed by atoms with Crippen molar-refractivity contribution in [3.05, 3.63) is 89.2 Å². The van der Waals surface area contributed by atoms with E-state index >= 15 is 0 Å². The number of rotatable bonds is 9. The number of aryl methyl sites for hydroxylation is 2. The number of sulfonamides is 1. The zero-order valence-electron chi connectivity index (χ0n) is 19.7. The Labute approximate surface area is 200 Å². The minimum absolute atomic E-state index is 0.0213. The standard InChI is InChI=1S/C26H29FN2O4S/c1-5-23(20-12-15-25(33-4)19(3)16-20)28-26(30)17-29(24-9-7-6-8-22(24)27)34(31,32)21-13-10-18(2)11-14-21/h6-16,23H,5,17H2,1-4H3,(H,28,30)/t23-/m0/s1. The lowest BCUT2D eigenvalue weighted by molar-refractivity contribution is -0.120. The molecule has 1 amide bonds. The lowest BCUT2D eigenvalue weighted by atomic mass is 10.0. The summed E-state index contributed by atoms with van der Waals surface area (Å²) in [5.74, 6) is -0.539. The molecular weight excluding hydrogens is 455 g/mol. The van der Waals surface area contributed by atoms with Crippen molar-refractivity contribution >= 4 is 21.6 Å². The largest absolute Gasteiger partial charge is 0.496 e. The summed E-state index contributed by atoms with van der Waals surface area (Å²) in [6.45, 7) is 5.10. The average molecular weight is 485 g/mol. The molecule has 0 aliphatic carbocycles. The van der Waals surface area contributed by atoms with Crippen LogP contribution >= 0.6 is 0 Å². The fourth-order valence-corrected chi connectivity index (χ4v) is 5.13. The molecule has 180 valence electrons. The average Bonchev–Trinajstić information content (AvgIpc) is 2.81. The number of nitrogens with one attached hydrogen (secondary N) is 1. The number of nitrogens with zero attached hydrogens (tertiary/aromatic N) is 1. The molecule has 0 aliphatic heterocycles. The van der Waals surface area contributed by atoms with Gasteiger partial charge in [-0.3, -0.25) is 9.10 Å². The minimum atomic E-state index is -4.20. The van der Waals surface area contributed by atoms with E-state index in [2.05, 4.69) is 5.32 Å². The van der Waals surface area contributed by atoms with Gasteiger partial charge >= 0.3 is 0 Å². The Balaban J connectivity index is 1.91. The van der Waals surface area contributed by atoms with Crippen molar-refractivity contribution in [1.29, 1.82) is 0 Å². The third-order valence-corrected chi connectivity index (χ3v) is 7.36. The van der Waals surface area contributed by atoms with Crippen LogP contribution in [0.15, 0.2) is 71.6 Å². The van der Waals surface area contributed by atoms with Gasteiger partial charge in [-0.2, -0.15) is 0 Å². The first kappa shape index (κ1) is 25.2. The summed E-state index contributed by atoms with van der Waals surface area (Å²) in [6, 6.07) is 17.0. The first-order valence-electron chi connectivity index (χ1n) is 10.9. The second-order valence-electron chi connectivity index (χ2n) is 8.03. The van der Waals surface area contributed by atoms with Gasteiger partial charge in [0.05, 0.1) is 23.7 Å². The van der Waals surface area contributed by atoms with Gasteiger partial charge in [0.15, 0.2) is 0 Å². The molecule has 1 N–H and O–H groups in total. The van der Waals surface area contributed by atoms with Crippen molar-refractivity contribution in [2.75, 3.05) is 18.0 Å². The van der Waals surface area contributed by atoms with E-state index < -0.39 is 28.3 Å². The Morgan fingerprint density at radius 3 is 2.32 bits per heavy atom. The number of hydrogen-bond donors (Lipinski definition) is 1. The molecule has 0 heterocycles. The molecule has 3 aromatic rings. The molecule has 0 aromatic heterocycles. The van der Waals surface area contributed by atoms with Crippen molar-refractivity contribution in [2.45, 2.75) is 38.1 Å². The first-order chi connectivity index (χ1) is 16.2. The Hall–Kier alpha value is -3.39. The van der Waals surface area contributed by atoms with Gasteiger partial charge in [-0.1, -0.05) is 48.9 Å². The number of hydrogen-bond acceptors (Lipinski definition) is 4. The smallest absolute Gasteiger partial charge is 0.264 e. The van der Waals surface area contributed by atoms with E-state index in [1.807, 2.05) is 39.0 Å². The van der Waals surface area contributed by atoms with Crippen LogP contribution in [0.1, 0.15) is 36.1 Å². The highest BCUT2D eigenvalue weighted by molar-refractivity contribution is 7.92. The number of carbonyl (C=O) groups excluding carboxylic acids is 1. The van der Waals surface area contributed by atoms with Crippen LogP contribution in [0, 0.1) is 19.7 Å². The summed E-state index contributed by atoms with van der Waals surface area (Å²) in [5.41, 5.74) is 2.48. The van der Waals surface area contributed by atoms with Crippen molar-refractivity contribution in [3.63, 3.8) is 0 Å². The van der Waals surface area contributed by atoms with E-state index in [4.69, 9.17) is 4.74 Å². The number of amides is 1. The molecule has 0 spiro atoms. The van der Waals surface area contributed by atoms with Gasteiger partial charge in [0.2, 0.25) is 5.91 Å². The molecule has 3 rings (SSSR count). The van der Waals surface area contributed by atoms with Crippen LogP contribution in [0.5, 0.6) is 5.75 Å². The molecule has 34 heavy (non-hydrogen) atoms. The van der Waals surface area contributed by atoms with Crippen molar-refractivity contribution in [3.8, 4) is 5.75 Å². The van der Waals surface area contributed by atoms with Gasteiger partial charge in [0.1, 0.15) is 18.1 Å². The molecule has 3 aromatic carbocycles. The normalized spacial score (nSPS) is 12.1. The molecule has 6 nitrogen and oxygen atoms in total. The predicted molar refractivity (Wildman–Crippen MR) is 131 cm³/mol. The molecule has 0 bridgehead atoms. The van der Waals surface area contributed by atoms with Gasteiger partial charge in [-0.25, -0.2) is 12.8 Å². The van der Waals surface area contributed by atoms with Crippen molar-refractivity contribution in [1.82, 2.24) is 5.32 Å². The van der Waals surface area contributed by atoms with Crippen LogP contribution in [0.3, 0.4) is 0 Å². The molecule has 0 saturated heterocycles. The highest BCUT2D eigenvalue weighted by atomic mass is 32.2. The maximum absolute atomic E-state index is 14.7. The zero-order chi connectivity index (χ0) is 24.9. The fourth-order valence-electron chi connectivity index (χ4n) is 3.70. The topological polar surface area (TPSA) is 75.7 Å². The number of methoxy groups -OCH3 is 1. The second-order valence-corrected chi connectivity index (χ2v) is 9.90. The Bertz CT molecular complexity index is 1260. The summed E-state index contributed by atoms with van der Waals surface area (Å²) in [7, 11) is -2.61. The fraction of sp³-hybridized carbons (Fsp3) is 0.269. The van der Waals surface area contributed by atoms with Crippen LogP contribution in [0.4, 0.5) is 10.1 Å². The highest BCUT2D eigenvalue weighted by Gasteiger charge is 2.29. The van der Waals surface area contributed by atoms with E-state index in [1.54, 1.807) is 19.2 Å². The van der Waals surface area contributed by atoms with Crippen LogP contribution in [0.25, 0.3) is 0 Å². The van der Waals surface area contributed by atoms with Crippen molar-refractivity contribution in [2.24, 2.45) is 0 Å². The lowest BCUT2D eigenvalue weighted by Crippen LogP contribution is -2.42. The first-order valence-corrected chi connectivity index (χ1v) is 12.4. The summed E-state index contributed by atoms with van der Waals surface area (Å²) >= 11 is 0. The summed E-state index contributed by atoms with van der Waals surface area (Å²) in [6.07, 6.45) is 0.585. The van der Waals surface area contributed by atoms with Gasteiger partial charge in [-0.05, 0) is 61.7 Å². The van der Waals surface area contributed by atoms with Gasteiger partial charge in [-0.15, -0.1) is 0 Å². The Morgan fingerprint density at radius 1 is 1.06 bits per heavy atom. The third-order valence-electron chi connectivity index (χ3n) is 5.58. The summed E-state index contributed by atoms with van der Waals surface area (Å²) in [5, 5.41) is 2.89. The predicted octanol–water partition coefficient (Wildman–Crippen LogP) is 4.91. The van der Waals surface area contributed by atoms with E-state index in [0.717, 1.165) is 26.7 Å². The zero-order valence-corrected chi connectivity index (χ0v) is 20.5. The maximum Gasteiger partial charge on any atom is 0.264 e. The van der Waals surface area contributed by atoms with Gasteiger partial charge in [0.25, 0.3) is 10.0 Å². The maximum atomic E-state index is 14.7. The van der Waals surface area contributed by atoms with Crippen LogP contribution in [-0.4, -0.2) is 28.0 Å². The molecule has 0 unspecified atom stereocenters. The summed E-state index contributed by atoms with van der Waals surface area (Å²) < 4.78 is 47.6. The number of halogens is 1. The Morgan fingerprint density at radius 2 is 1.74 bits per heavy atom. The molecule has 0 aliphatic rings. The molecule has 0 fully saturated rings. The number of carbonyl (C=O) groups is 1.